The molecule has 1 saturated heterocycles. The van der Waals surface area contributed by atoms with Crippen molar-refractivity contribution < 1.29 is 28.7 Å². The molecule has 0 aromatic heterocycles. The van der Waals surface area contributed by atoms with E-state index in [9.17, 15) is 14.4 Å². The summed E-state index contributed by atoms with van der Waals surface area (Å²) in [6.07, 6.45) is -0.245. The van der Waals surface area contributed by atoms with Crippen LogP contribution in [0.25, 0.3) is 0 Å². The Bertz CT molecular complexity index is 993. The molecule has 0 spiro atoms. The molecule has 1 fully saturated rings. The van der Waals surface area contributed by atoms with Gasteiger partial charge in [0.15, 0.2) is 0 Å². The molecule has 2 aromatic rings. The first-order chi connectivity index (χ1) is 16.1. The highest BCUT2D eigenvalue weighted by atomic mass is 35.6. The van der Waals surface area contributed by atoms with Gasteiger partial charge in [0.25, 0.3) is 0 Å². The number of halogens is 3. The number of primary amides is 1. The molecule has 2 amide bonds. The van der Waals surface area contributed by atoms with Crippen molar-refractivity contribution in [2.24, 2.45) is 5.73 Å². The molecule has 0 saturated carbocycles. The van der Waals surface area contributed by atoms with Gasteiger partial charge in [-0.15, -0.1) is 0 Å². The van der Waals surface area contributed by atoms with Crippen LogP contribution in [0.3, 0.4) is 0 Å². The first-order valence-electron chi connectivity index (χ1n) is 10.2. The third kappa shape index (κ3) is 7.75. The number of hydrogen-bond acceptors (Lipinski definition) is 7. The van der Waals surface area contributed by atoms with Crippen molar-refractivity contribution >= 4 is 52.8 Å². The first kappa shape index (κ1) is 26.1. The monoisotopic (exact) mass is 529 g/mol. The molecule has 182 valence electrons. The average Bonchev–Trinajstić information content (AvgIpc) is 2.79. The number of nitrogens with zero attached hydrogens (tertiary/aromatic N) is 1. The Kier molecular flexibility index (Phi) is 8.98. The van der Waals surface area contributed by atoms with Crippen LogP contribution in [0.4, 0.5) is 4.79 Å². The molecule has 3 N–H and O–H groups in total. The maximum Gasteiger partial charge on any atom is 0.437 e. The number of nitrogens with one attached hydrogen (secondary N) is 1. The third-order valence-electron chi connectivity index (χ3n) is 4.96. The molecule has 1 aliphatic heterocycles. The third-order valence-corrected chi connectivity index (χ3v) is 5.19. The fourth-order valence-corrected chi connectivity index (χ4v) is 3.48. The van der Waals surface area contributed by atoms with Gasteiger partial charge in [0.1, 0.15) is 18.4 Å². The van der Waals surface area contributed by atoms with Gasteiger partial charge in [-0.25, -0.2) is 9.59 Å². The topological polar surface area (TPSA) is 120 Å². The molecular formula is C22H22Cl3N3O6. The van der Waals surface area contributed by atoms with Crippen LogP contribution in [-0.4, -0.2) is 45.6 Å². The van der Waals surface area contributed by atoms with Crippen LogP contribution in [0.1, 0.15) is 28.8 Å². The lowest BCUT2D eigenvalue weighted by molar-refractivity contribution is -0.176. The van der Waals surface area contributed by atoms with Crippen LogP contribution in [-0.2, 0) is 21.0 Å². The summed E-state index contributed by atoms with van der Waals surface area (Å²) in [5.41, 5.74) is 6.33. The lowest BCUT2D eigenvalue weighted by Crippen LogP contribution is -2.54. The van der Waals surface area contributed by atoms with Crippen molar-refractivity contribution in [3.05, 3.63) is 65.7 Å². The largest absolute Gasteiger partial charge is 0.437 e. The highest BCUT2D eigenvalue weighted by Gasteiger charge is 2.37. The van der Waals surface area contributed by atoms with Crippen LogP contribution in [0.2, 0.25) is 0 Å². The normalized spacial score (nSPS) is 18.1. The maximum atomic E-state index is 12.6. The van der Waals surface area contributed by atoms with E-state index in [4.69, 9.17) is 54.8 Å². The fraction of sp³-hybridized carbons (Fsp3) is 0.318. The smallest absolute Gasteiger partial charge is 0.425 e. The second-order valence-corrected chi connectivity index (χ2v) is 9.58. The quantitative estimate of drug-likeness (QED) is 0.242. The van der Waals surface area contributed by atoms with Crippen molar-refractivity contribution in [2.45, 2.75) is 35.5 Å². The minimum Gasteiger partial charge on any atom is -0.425 e. The Morgan fingerprint density at radius 3 is 2.26 bits per heavy atom. The minimum atomic E-state index is -2.26. The predicted molar refractivity (Wildman–Crippen MR) is 125 cm³/mol. The average molecular weight is 531 g/mol. The molecule has 34 heavy (non-hydrogen) atoms. The molecule has 0 radical (unpaired) electrons. The number of benzene rings is 2. The van der Waals surface area contributed by atoms with Crippen LogP contribution in [0.15, 0.2) is 54.6 Å². The summed E-state index contributed by atoms with van der Waals surface area (Å²) in [5, 5.41) is 4.04. The number of carbonyl (C=O) groups excluding carboxylic acids is 3. The molecule has 0 aliphatic carbocycles. The number of alkyl halides is 3. The molecule has 0 unspecified atom stereocenters. The zero-order valence-electron chi connectivity index (χ0n) is 17.8. The lowest BCUT2D eigenvalue weighted by atomic mass is 10.0. The van der Waals surface area contributed by atoms with Gasteiger partial charge in [-0.2, -0.15) is 5.06 Å². The molecule has 3 rings (SSSR count). The van der Waals surface area contributed by atoms with E-state index in [0.717, 1.165) is 10.6 Å². The van der Waals surface area contributed by atoms with Crippen molar-refractivity contribution in [3.8, 4) is 5.75 Å². The number of rotatable bonds is 7. The summed E-state index contributed by atoms with van der Waals surface area (Å²) in [6, 6.07) is 14.0. The van der Waals surface area contributed by atoms with E-state index in [1.165, 1.54) is 24.3 Å². The maximum absolute atomic E-state index is 12.6. The van der Waals surface area contributed by atoms with Gasteiger partial charge in [-0.3, -0.25) is 9.63 Å². The number of piperidine rings is 1. The number of ether oxygens (including phenoxy) is 2. The molecule has 2 aromatic carbocycles. The summed E-state index contributed by atoms with van der Waals surface area (Å²) in [5.74, 6) is -0.811. The second kappa shape index (κ2) is 11.7. The Hall–Kier alpha value is -2.56. The molecule has 2 atom stereocenters. The lowest BCUT2D eigenvalue weighted by Gasteiger charge is -2.35. The van der Waals surface area contributed by atoms with Gasteiger partial charge < -0.3 is 20.5 Å². The predicted octanol–water partition coefficient (Wildman–Crippen LogP) is 3.71. The molecule has 12 heteroatoms. The molecule has 1 aliphatic rings. The van der Waals surface area contributed by atoms with E-state index < -0.39 is 34.0 Å². The van der Waals surface area contributed by atoms with Gasteiger partial charge >= 0.3 is 16.0 Å². The summed E-state index contributed by atoms with van der Waals surface area (Å²) in [7, 11) is 0. The molecule has 1 heterocycles. The van der Waals surface area contributed by atoms with Crippen LogP contribution >= 0.6 is 34.8 Å². The number of hydrogen-bond donors (Lipinski definition) is 2. The van der Waals surface area contributed by atoms with Gasteiger partial charge in [-0.1, -0.05) is 30.3 Å². The van der Waals surface area contributed by atoms with E-state index in [2.05, 4.69) is 5.32 Å². The second-order valence-electron chi connectivity index (χ2n) is 7.40. The van der Waals surface area contributed by atoms with Gasteiger partial charge in [0, 0.05) is 12.1 Å². The summed E-state index contributed by atoms with van der Waals surface area (Å²) < 4.78 is 7.93. The zero-order chi connectivity index (χ0) is 24.7. The van der Waals surface area contributed by atoms with E-state index in [-0.39, 0.29) is 18.9 Å². The van der Waals surface area contributed by atoms with E-state index in [0.29, 0.717) is 18.4 Å². The van der Waals surface area contributed by atoms with Crippen LogP contribution < -0.4 is 15.8 Å². The van der Waals surface area contributed by atoms with E-state index in [1.54, 1.807) is 0 Å². The summed E-state index contributed by atoms with van der Waals surface area (Å²) in [6.45, 7) is 0.281. The van der Waals surface area contributed by atoms with Crippen molar-refractivity contribution in [1.29, 1.82) is 0 Å². The fourth-order valence-electron chi connectivity index (χ4n) is 3.29. The molecular weight excluding hydrogens is 509 g/mol. The highest BCUT2D eigenvalue weighted by Crippen LogP contribution is 2.29. The van der Waals surface area contributed by atoms with E-state index in [1.807, 2.05) is 30.3 Å². The van der Waals surface area contributed by atoms with Crippen molar-refractivity contribution in [2.75, 3.05) is 6.54 Å². The Morgan fingerprint density at radius 2 is 1.71 bits per heavy atom. The number of hydroxylamine groups is 2. The Balaban J connectivity index is 1.59. The number of carbonyl (C=O) groups is 3. The highest BCUT2D eigenvalue weighted by molar-refractivity contribution is 6.66. The number of esters is 1. The first-order valence-corrected chi connectivity index (χ1v) is 11.4. The van der Waals surface area contributed by atoms with E-state index >= 15 is 0 Å². The van der Waals surface area contributed by atoms with Crippen molar-refractivity contribution in [3.63, 3.8) is 0 Å². The Morgan fingerprint density at radius 1 is 1.03 bits per heavy atom. The zero-order valence-corrected chi connectivity index (χ0v) is 20.1. The number of amides is 2. The van der Waals surface area contributed by atoms with Gasteiger partial charge in [-0.05, 0) is 77.5 Å². The van der Waals surface area contributed by atoms with Gasteiger partial charge in [0.05, 0.1) is 6.04 Å². The molecule has 0 bridgehead atoms. The molecule has 9 nitrogen and oxygen atoms in total. The minimum absolute atomic E-state index is 0.0824. The van der Waals surface area contributed by atoms with Crippen molar-refractivity contribution in [1.82, 2.24) is 10.4 Å². The van der Waals surface area contributed by atoms with Gasteiger partial charge in [0.2, 0.25) is 5.91 Å². The number of nitrogens with two attached hydrogens (primary N) is 1. The van der Waals surface area contributed by atoms with Crippen LogP contribution in [0.5, 0.6) is 5.75 Å². The summed E-state index contributed by atoms with van der Waals surface area (Å²) in [4.78, 5) is 42.0. The summed E-state index contributed by atoms with van der Waals surface area (Å²) >= 11 is 16.8. The SMILES string of the molecule is NC(=O)c1ccc(OC(=O)[C@@H]2CC[C@@H](N(OCc3ccccc3)C(=O)OC(Cl)(Cl)Cl)CN2)cc1. The Labute approximate surface area is 210 Å². The standard InChI is InChI=1S/C22H22Cl3N3O6/c23-22(24,25)34-21(31)28(32-13-14-4-2-1-3-5-14)16-8-11-18(27-12-16)20(30)33-17-9-6-15(7-10-17)19(26)29/h1-7,9-10,16,18,27H,8,11-13H2,(H2,26,29)/t16-,18+/m1/s1. The van der Waals surface area contributed by atoms with Crippen LogP contribution in [0, 0.1) is 0 Å².